The second-order valence-electron chi connectivity index (χ2n) is 7.00. The number of hydrogen-bond acceptors (Lipinski definition) is 2. The highest BCUT2D eigenvalue weighted by molar-refractivity contribution is 5.80. The van der Waals surface area contributed by atoms with Crippen molar-refractivity contribution in [3.63, 3.8) is 0 Å². The van der Waals surface area contributed by atoms with Crippen LogP contribution < -0.4 is 0 Å². The Hall–Kier alpha value is -2.50. The zero-order valence-corrected chi connectivity index (χ0v) is 15.5. The van der Waals surface area contributed by atoms with Crippen LogP contribution in [-0.4, -0.2) is 78.1 Å². The largest absolute Gasteiger partial charge is 0.324 e. The Labute approximate surface area is 149 Å². The molecule has 0 N–H and O–H groups in total. The van der Waals surface area contributed by atoms with Gasteiger partial charge in [-0.1, -0.05) is 42.5 Å². The molecule has 2 aliphatic heterocycles. The fraction of sp³-hybridized carbons (Fsp3) is 0.474. The van der Waals surface area contributed by atoms with Crippen LogP contribution >= 0.6 is 0 Å². The van der Waals surface area contributed by atoms with Crippen molar-refractivity contribution in [2.45, 2.75) is 25.2 Å². The number of nitrogens with zero attached hydrogens (tertiary/aromatic N) is 4. The first-order chi connectivity index (χ1) is 11.8. The first-order valence-electron chi connectivity index (χ1n) is 8.57. The molecule has 6 heteroatoms. The maximum absolute atomic E-state index is 12.7. The average Bonchev–Trinajstić information content (AvgIpc) is 2.62. The summed E-state index contributed by atoms with van der Waals surface area (Å²) in [5.41, 5.74) is 1.10. The Morgan fingerprint density at radius 3 is 2.00 bits per heavy atom. The topological polar surface area (TPSA) is 47.1 Å². The van der Waals surface area contributed by atoms with E-state index in [0.29, 0.717) is 0 Å². The molecule has 1 aromatic rings. The maximum atomic E-state index is 12.7. The SMILES string of the molecule is C[C@@H]1[C@@H]2[C@@H](N(C)C(=O)N1C)N(C)C(=O)N(C)[C@@H]2/C=C/c1ccccc1. The summed E-state index contributed by atoms with van der Waals surface area (Å²) < 4.78 is 0. The minimum atomic E-state index is -0.243. The van der Waals surface area contributed by atoms with Crippen LogP contribution in [-0.2, 0) is 0 Å². The Morgan fingerprint density at radius 1 is 0.840 bits per heavy atom. The van der Waals surface area contributed by atoms with E-state index < -0.39 is 0 Å². The number of likely N-dealkylation sites (N-methyl/N-ethyl adjacent to an activating group) is 1. The zero-order valence-electron chi connectivity index (χ0n) is 15.5. The Bertz CT molecular complexity index is 686. The summed E-state index contributed by atoms with van der Waals surface area (Å²) >= 11 is 0. The molecular formula is C19H26N4O2. The van der Waals surface area contributed by atoms with Gasteiger partial charge in [0.2, 0.25) is 0 Å². The summed E-state index contributed by atoms with van der Waals surface area (Å²) in [6.07, 6.45) is 3.90. The highest BCUT2D eigenvalue weighted by Crippen LogP contribution is 2.36. The van der Waals surface area contributed by atoms with Crippen LogP contribution in [0, 0.1) is 5.92 Å². The molecule has 0 radical (unpaired) electrons. The first kappa shape index (κ1) is 17.3. The summed E-state index contributed by atoms with van der Waals surface area (Å²) in [6.45, 7) is 2.06. The molecule has 6 nitrogen and oxygen atoms in total. The van der Waals surface area contributed by atoms with Crippen LogP contribution in [0.2, 0.25) is 0 Å². The minimum absolute atomic E-state index is 0.0251. The molecule has 0 aliphatic carbocycles. The van der Waals surface area contributed by atoms with E-state index in [9.17, 15) is 9.59 Å². The van der Waals surface area contributed by atoms with Gasteiger partial charge in [-0.3, -0.25) is 0 Å². The molecule has 4 atom stereocenters. The van der Waals surface area contributed by atoms with Gasteiger partial charge in [-0.2, -0.15) is 0 Å². The van der Waals surface area contributed by atoms with Crippen molar-refractivity contribution in [1.29, 1.82) is 0 Å². The van der Waals surface area contributed by atoms with Crippen LogP contribution in [0.15, 0.2) is 36.4 Å². The lowest BCUT2D eigenvalue weighted by atomic mass is 9.82. The fourth-order valence-corrected chi connectivity index (χ4v) is 4.06. The van der Waals surface area contributed by atoms with E-state index >= 15 is 0 Å². The third-order valence-corrected chi connectivity index (χ3v) is 5.64. The predicted molar refractivity (Wildman–Crippen MR) is 97.8 cm³/mol. The van der Waals surface area contributed by atoms with Crippen molar-refractivity contribution in [1.82, 2.24) is 19.6 Å². The molecule has 2 saturated heterocycles. The third-order valence-electron chi connectivity index (χ3n) is 5.64. The Morgan fingerprint density at radius 2 is 1.40 bits per heavy atom. The van der Waals surface area contributed by atoms with Gasteiger partial charge < -0.3 is 19.6 Å². The Balaban J connectivity index is 1.99. The van der Waals surface area contributed by atoms with Gasteiger partial charge in [-0.25, -0.2) is 9.59 Å². The van der Waals surface area contributed by atoms with E-state index in [0.717, 1.165) is 5.56 Å². The fourth-order valence-electron chi connectivity index (χ4n) is 4.06. The lowest BCUT2D eigenvalue weighted by Crippen LogP contribution is -2.73. The van der Waals surface area contributed by atoms with E-state index in [2.05, 4.69) is 19.1 Å². The van der Waals surface area contributed by atoms with Crippen LogP contribution in [0.3, 0.4) is 0 Å². The van der Waals surface area contributed by atoms with Crippen molar-refractivity contribution in [2.75, 3.05) is 28.2 Å². The van der Waals surface area contributed by atoms with Crippen LogP contribution in [0.4, 0.5) is 9.59 Å². The van der Waals surface area contributed by atoms with E-state index in [-0.39, 0.29) is 36.2 Å². The summed E-state index contributed by atoms with van der Waals surface area (Å²) in [6, 6.07) is 9.87. The van der Waals surface area contributed by atoms with Crippen LogP contribution in [0.1, 0.15) is 12.5 Å². The molecule has 134 valence electrons. The molecule has 2 aliphatic rings. The van der Waals surface area contributed by atoms with Gasteiger partial charge in [0.1, 0.15) is 6.17 Å². The molecular weight excluding hydrogens is 316 g/mol. The quantitative estimate of drug-likeness (QED) is 0.828. The molecule has 3 rings (SSSR count). The number of fused-ring (bicyclic) bond motifs is 1. The average molecular weight is 342 g/mol. The number of carbonyl (C=O) groups is 2. The molecule has 0 unspecified atom stereocenters. The number of amides is 4. The number of hydrogen-bond donors (Lipinski definition) is 0. The predicted octanol–water partition coefficient (Wildman–Crippen LogP) is 2.39. The Kier molecular flexibility index (Phi) is 4.45. The van der Waals surface area contributed by atoms with Gasteiger partial charge in [-0.15, -0.1) is 0 Å². The molecule has 2 fully saturated rings. The molecule has 0 saturated carbocycles. The first-order valence-corrected chi connectivity index (χ1v) is 8.57. The minimum Gasteiger partial charge on any atom is -0.324 e. The van der Waals surface area contributed by atoms with Crippen molar-refractivity contribution in [3.8, 4) is 0 Å². The van der Waals surface area contributed by atoms with Crippen LogP contribution in [0.5, 0.6) is 0 Å². The second kappa shape index (κ2) is 6.43. The van der Waals surface area contributed by atoms with Crippen molar-refractivity contribution in [3.05, 3.63) is 42.0 Å². The van der Waals surface area contributed by atoms with E-state index in [1.807, 2.05) is 44.4 Å². The summed E-state index contributed by atoms with van der Waals surface area (Å²) in [5.74, 6) is 0.0976. The number of carbonyl (C=O) groups excluding carboxylic acids is 2. The second-order valence-corrected chi connectivity index (χ2v) is 7.00. The summed E-state index contributed by atoms with van der Waals surface area (Å²) in [4.78, 5) is 32.1. The summed E-state index contributed by atoms with van der Waals surface area (Å²) in [5, 5.41) is 0. The zero-order chi connectivity index (χ0) is 18.3. The smallest absolute Gasteiger partial charge is 0.321 e. The highest BCUT2D eigenvalue weighted by atomic mass is 16.2. The van der Waals surface area contributed by atoms with Crippen molar-refractivity contribution < 1.29 is 9.59 Å². The molecule has 0 spiro atoms. The van der Waals surface area contributed by atoms with Gasteiger partial charge in [0.15, 0.2) is 0 Å². The van der Waals surface area contributed by atoms with Crippen LogP contribution in [0.25, 0.3) is 6.08 Å². The molecule has 4 amide bonds. The van der Waals surface area contributed by atoms with E-state index in [1.54, 1.807) is 33.7 Å². The number of benzene rings is 1. The normalized spacial score (nSPS) is 30.3. The number of rotatable bonds is 2. The molecule has 0 bridgehead atoms. The number of urea groups is 2. The molecule has 2 heterocycles. The van der Waals surface area contributed by atoms with Gasteiger partial charge in [0.05, 0.1) is 6.04 Å². The molecule has 1 aromatic carbocycles. The van der Waals surface area contributed by atoms with E-state index in [4.69, 9.17) is 0 Å². The van der Waals surface area contributed by atoms with Gasteiger partial charge >= 0.3 is 12.1 Å². The monoisotopic (exact) mass is 342 g/mol. The standard InChI is InChI=1S/C19H26N4O2/c1-13-16-15(12-11-14-9-7-6-8-10-14)21(3)19(25)23(5)17(16)22(4)18(24)20(13)2/h6-13,15-17H,1-5H3/b12-11+/t13-,15-,16+,17+/m1/s1. The van der Waals surface area contributed by atoms with Gasteiger partial charge in [0.25, 0.3) is 0 Å². The lowest BCUT2D eigenvalue weighted by molar-refractivity contribution is -0.0534. The van der Waals surface area contributed by atoms with Gasteiger partial charge in [-0.05, 0) is 12.5 Å². The lowest BCUT2D eigenvalue weighted by Gasteiger charge is -2.57. The van der Waals surface area contributed by atoms with Crippen molar-refractivity contribution in [2.24, 2.45) is 5.92 Å². The highest BCUT2D eigenvalue weighted by Gasteiger charge is 2.52. The molecule has 25 heavy (non-hydrogen) atoms. The van der Waals surface area contributed by atoms with Gasteiger partial charge in [0, 0.05) is 40.2 Å². The van der Waals surface area contributed by atoms with E-state index in [1.165, 1.54) is 0 Å². The summed E-state index contributed by atoms with van der Waals surface area (Å²) in [7, 11) is 7.21. The molecule has 0 aromatic heterocycles. The van der Waals surface area contributed by atoms with Crippen molar-refractivity contribution >= 4 is 18.1 Å². The maximum Gasteiger partial charge on any atom is 0.321 e. The third kappa shape index (κ3) is 2.75.